The van der Waals surface area contributed by atoms with Crippen molar-refractivity contribution >= 4 is 0 Å². The van der Waals surface area contributed by atoms with E-state index < -0.39 is 12.1 Å². The molecular weight excluding hydrogens is 239 g/mol. The van der Waals surface area contributed by atoms with Crippen molar-refractivity contribution in [2.75, 3.05) is 0 Å². The highest BCUT2D eigenvalue weighted by atomic mass is 19.4. The third kappa shape index (κ3) is 3.40. The number of hydrogen-bond donors (Lipinski definition) is 1. The summed E-state index contributed by atoms with van der Waals surface area (Å²) < 4.78 is 37.8. The molecule has 0 saturated heterocycles. The zero-order chi connectivity index (χ0) is 13.2. The summed E-state index contributed by atoms with van der Waals surface area (Å²) in [4.78, 5) is 0. The molecule has 0 radical (unpaired) electrons. The fourth-order valence-electron chi connectivity index (χ4n) is 3.74. The first-order valence-corrected chi connectivity index (χ1v) is 7.31. The first kappa shape index (κ1) is 14.2. The van der Waals surface area contributed by atoms with Crippen LogP contribution in [-0.4, -0.2) is 12.2 Å². The molecule has 2 fully saturated rings. The van der Waals surface area contributed by atoms with Gasteiger partial charge in [-0.3, -0.25) is 0 Å². The van der Waals surface area contributed by atoms with E-state index in [1.807, 2.05) is 0 Å². The molecule has 18 heavy (non-hydrogen) atoms. The molecule has 2 aliphatic rings. The Bertz CT molecular complexity index is 250. The van der Waals surface area contributed by atoms with Crippen molar-refractivity contribution in [3.8, 4) is 0 Å². The van der Waals surface area contributed by atoms with Crippen molar-refractivity contribution in [1.82, 2.24) is 0 Å². The third-order valence-electron chi connectivity index (χ3n) is 4.97. The highest BCUT2D eigenvalue weighted by molar-refractivity contribution is 4.87. The van der Waals surface area contributed by atoms with Crippen LogP contribution in [0.15, 0.2) is 0 Å². The zero-order valence-electron chi connectivity index (χ0n) is 10.9. The molecule has 4 heteroatoms. The van der Waals surface area contributed by atoms with Crippen LogP contribution in [0.1, 0.15) is 57.8 Å². The second-order valence-corrected chi connectivity index (χ2v) is 6.13. The van der Waals surface area contributed by atoms with E-state index in [0.717, 1.165) is 0 Å². The number of halogens is 3. The molecule has 106 valence electrons. The second kappa shape index (κ2) is 5.81. The largest absolute Gasteiger partial charge is 0.391 e. The number of rotatable bonds is 2. The Morgan fingerprint density at radius 2 is 1.28 bits per heavy atom. The summed E-state index contributed by atoms with van der Waals surface area (Å²) in [5, 5.41) is 0. The molecule has 0 heterocycles. The maximum Gasteiger partial charge on any atom is 0.391 e. The van der Waals surface area contributed by atoms with E-state index in [1.54, 1.807) is 0 Å². The topological polar surface area (TPSA) is 26.0 Å². The maximum atomic E-state index is 12.6. The molecule has 0 aromatic rings. The van der Waals surface area contributed by atoms with Gasteiger partial charge in [0, 0.05) is 6.04 Å². The van der Waals surface area contributed by atoms with Gasteiger partial charge in [0.05, 0.1) is 5.92 Å². The molecule has 1 atom stereocenters. The van der Waals surface area contributed by atoms with Gasteiger partial charge in [0.25, 0.3) is 0 Å². The predicted octanol–water partition coefficient (Wildman–Crippen LogP) is 4.26. The molecule has 2 aliphatic carbocycles. The minimum absolute atomic E-state index is 0.138. The Morgan fingerprint density at radius 3 is 1.78 bits per heavy atom. The third-order valence-corrected chi connectivity index (χ3v) is 4.97. The minimum Gasteiger partial charge on any atom is -0.327 e. The molecule has 0 aromatic carbocycles. The summed E-state index contributed by atoms with van der Waals surface area (Å²) in [6.07, 6.45) is 4.06. The molecule has 0 aliphatic heterocycles. The van der Waals surface area contributed by atoms with E-state index in [4.69, 9.17) is 5.73 Å². The molecule has 0 amide bonds. The molecule has 0 spiro atoms. The molecule has 2 N–H and O–H groups in total. The lowest BCUT2D eigenvalue weighted by molar-refractivity contribution is -0.184. The van der Waals surface area contributed by atoms with Crippen LogP contribution in [0.4, 0.5) is 13.2 Å². The molecule has 2 saturated carbocycles. The van der Waals surface area contributed by atoms with E-state index >= 15 is 0 Å². The number of alkyl halides is 3. The number of nitrogens with two attached hydrogens (primary N) is 1. The van der Waals surface area contributed by atoms with E-state index in [1.165, 1.54) is 32.1 Å². The first-order valence-electron chi connectivity index (χ1n) is 7.31. The van der Waals surface area contributed by atoms with Crippen molar-refractivity contribution in [2.24, 2.45) is 23.5 Å². The second-order valence-electron chi connectivity index (χ2n) is 6.13. The van der Waals surface area contributed by atoms with Crippen molar-refractivity contribution in [1.29, 1.82) is 0 Å². The molecule has 0 aromatic heterocycles. The Kier molecular flexibility index (Phi) is 4.57. The Balaban J connectivity index is 1.81. The standard InChI is InChI=1S/C14H24F3N/c15-14(16,17)12-8-6-11(7-9-12)13(18)10-4-2-1-3-5-10/h10-13H,1-9,18H2. The SMILES string of the molecule is NC(C1CCCCC1)C1CCC(C(F)(F)F)CC1. The van der Waals surface area contributed by atoms with E-state index in [0.29, 0.717) is 24.7 Å². The van der Waals surface area contributed by atoms with Crippen LogP contribution in [0.3, 0.4) is 0 Å². The summed E-state index contributed by atoms with van der Waals surface area (Å²) in [6, 6.07) is 0.138. The van der Waals surface area contributed by atoms with Gasteiger partial charge < -0.3 is 5.73 Å². The minimum atomic E-state index is -4.00. The fraction of sp³-hybridized carbons (Fsp3) is 1.00. The molecule has 1 unspecified atom stereocenters. The van der Waals surface area contributed by atoms with Gasteiger partial charge >= 0.3 is 6.18 Å². The van der Waals surface area contributed by atoms with Crippen molar-refractivity contribution in [2.45, 2.75) is 70.0 Å². The number of hydrogen-bond acceptors (Lipinski definition) is 1. The van der Waals surface area contributed by atoms with E-state index in [-0.39, 0.29) is 18.9 Å². The van der Waals surface area contributed by atoms with Gasteiger partial charge in [0.15, 0.2) is 0 Å². The Hall–Kier alpha value is -0.250. The van der Waals surface area contributed by atoms with Crippen molar-refractivity contribution < 1.29 is 13.2 Å². The van der Waals surface area contributed by atoms with E-state index in [2.05, 4.69) is 0 Å². The lowest BCUT2D eigenvalue weighted by Gasteiger charge is -2.37. The molecular formula is C14H24F3N. The predicted molar refractivity (Wildman–Crippen MR) is 66.1 cm³/mol. The van der Waals surface area contributed by atoms with Gasteiger partial charge in [-0.2, -0.15) is 13.2 Å². The van der Waals surface area contributed by atoms with Gasteiger partial charge in [0.1, 0.15) is 0 Å². The van der Waals surface area contributed by atoms with Crippen molar-refractivity contribution in [3.05, 3.63) is 0 Å². The summed E-state index contributed by atoms with van der Waals surface area (Å²) in [5.41, 5.74) is 6.30. The summed E-state index contributed by atoms with van der Waals surface area (Å²) in [7, 11) is 0. The van der Waals surface area contributed by atoms with Crippen molar-refractivity contribution in [3.63, 3.8) is 0 Å². The van der Waals surface area contributed by atoms with Gasteiger partial charge in [-0.25, -0.2) is 0 Å². The first-order chi connectivity index (χ1) is 8.48. The average molecular weight is 263 g/mol. The molecule has 1 nitrogen and oxygen atoms in total. The quantitative estimate of drug-likeness (QED) is 0.791. The smallest absolute Gasteiger partial charge is 0.327 e. The van der Waals surface area contributed by atoms with Crippen LogP contribution in [0, 0.1) is 17.8 Å². The Labute approximate surface area is 107 Å². The molecule has 2 rings (SSSR count). The lowest BCUT2D eigenvalue weighted by Crippen LogP contribution is -2.41. The summed E-state index contributed by atoms with van der Waals surface area (Å²) >= 11 is 0. The maximum absolute atomic E-state index is 12.6. The lowest BCUT2D eigenvalue weighted by atomic mass is 9.72. The van der Waals surface area contributed by atoms with E-state index in [9.17, 15) is 13.2 Å². The van der Waals surface area contributed by atoms with Crippen LogP contribution < -0.4 is 5.73 Å². The van der Waals surface area contributed by atoms with Gasteiger partial charge in [-0.15, -0.1) is 0 Å². The molecule has 0 bridgehead atoms. The van der Waals surface area contributed by atoms with Gasteiger partial charge in [0.2, 0.25) is 0 Å². The summed E-state index contributed by atoms with van der Waals surface area (Å²) in [5.74, 6) is -0.190. The fourth-order valence-corrected chi connectivity index (χ4v) is 3.74. The summed E-state index contributed by atoms with van der Waals surface area (Å²) in [6.45, 7) is 0. The zero-order valence-corrected chi connectivity index (χ0v) is 10.9. The average Bonchev–Trinajstić information content (AvgIpc) is 2.38. The highest BCUT2D eigenvalue weighted by Crippen LogP contribution is 2.42. The van der Waals surface area contributed by atoms with Crippen LogP contribution in [-0.2, 0) is 0 Å². The van der Waals surface area contributed by atoms with Crippen LogP contribution in [0.2, 0.25) is 0 Å². The van der Waals surface area contributed by atoms with Crippen LogP contribution in [0.25, 0.3) is 0 Å². The normalized spacial score (nSPS) is 33.3. The van der Waals surface area contributed by atoms with Gasteiger partial charge in [-0.05, 0) is 50.4 Å². The van der Waals surface area contributed by atoms with Crippen LogP contribution in [0.5, 0.6) is 0 Å². The Morgan fingerprint density at radius 1 is 0.778 bits per heavy atom. The highest BCUT2D eigenvalue weighted by Gasteiger charge is 2.42. The van der Waals surface area contributed by atoms with Gasteiger partial charge in [-0.1, -0.05) is 19.3 Å². The monoisotopic (exact) mass is 263 g/mol. The van der Waals surface area contributed by atoms with Crippen LogP contribution >= 0.6 is 0 Å².